The zero-order valence-electron chi connectivity index (χ0n) is 11.8. The molecular formula is C14H16ClF3O3. The Hall–Kier alpha value is -1.27. The molecule has 1 unspecified atom stereocenters. The van der Waals surface area contributed by atoms with Crippen LogP contribution in [0.2, 0.25) is 5.02 Å². The summed E-state index contributed by atoms with van der Waals surface area (Å²) in [6.07, 6.45) is -6.38. The van der Waals surface area contributed by atoms with Gasteiger partial charge in [0, 0.05) is 17.0 Å². The van der Waals surface area contributed by atoms with Crippen molar-refractivity contribution in [1.29, 1.82) is 0 Å². The highest BCUT2D eigenvalue weighted by Gasteiger charge is 2.56. The maximum Gasteiger partial charge on any atom is 0.424 e. The third kappa shape index (κ3) is 3.68. The summed E-state index contributed by atoms with van der Waals surface area (Å²) in [7, 11) is 1.37. The first kappa shape index (κ1) is 17.8. The molecule has 0 amide bonds. The Morgan fingerprint density at radius 1 is 1.33 bits per heavy atom. The van der Waals surface area contributed by atoms with Gasteiger partial charge in [-0.3, -0.25) is 4.79 Å². The summed E-state index contributed by atoms with van der Waals surface area (Å²) >= 11 is 5.87. The van der Waals surface area contributed by atoms with E-state index in [0.717, 1.165) is 0 Å². The number of ether oxygens (including phenoxy) is 1. The summed E-state index contributed by atoms with van der Waals surface area (Å²) in [6, 6.07) is 4.52. The molecule has 1 aromatic rings. The van der Waals surface area contributed by atoms with E-state index in [2.05, 4.69) is 0 Å². The fourth-order valence-corrected chi connectivity index (χ4v) is 2.36. The molecule has 0 saturated heterocycles. The lowest BCUT2D eigenvalue weighted by Gasteiger charge is -2.35. The topological polar surface area (TPSA) is 46.5 Å². The fraction of sp³-hybridized carbons (Fsp3) is 0.500. The van der Waals surface area contributed by atoms with E-state index in [1.165, 1.54) is 39.2 Å². The molecule has 1 aromatic carbocycles. The number of aliphatic hydroxyl groups is 1. The van der Waals surface area contributed by atoms with Crippen LogP contribution in [-0.2, 0) is 10.2 Å². The Morgan fingerprint density at radius 2 is 1.90 bits per heavy atom. The number of hydrogen-bond acceptors (Lipinski definition) is 3. The lowest BCUT2D eigenvalue weighted by molar-refractivity contribution is -0.250. The van der Waals surface area contributed by atoms with Crippen LogP contribution in [0.25, 0.3) is 0 Å². The lowest BCUT2D eigenvalue weighted by atomic mass is 9.75. The highest BCUT2D eigenvalue weighted by Crippen LogP contribution is 2.43. The van der Waals surface area contributed by atoms with Gasteiger partial charge in [-0.1, -0.05) is 25.4 Å². The van der Waals surface area contributed by atoms with Gasteiger partial charge in [-0.25, -0.2) is 0 Å². The molecule has 0 aliphatic heterocycles. The molecule has 0 fully saturated rings. The van der Waals surface area contributed by atoms with Gasteiger partial charge in [-0.05, 0) is 23.6 Å². The molecule has 0 spiro atoms. The van der Waals surface area contributed by atoms with Crippen molar-refractivity contribution >= 4 is 17.9 Å². The van der Waals surface area contributed by atoms with E-state index < -0.39 is 29.9 Å². The van der Waals surface area contributed by atoms with Gasteiger partial charge in [0.15, 0.2) is 6.29 Å². The lowest BCUT2D eigenvalue weighted by Crippen LogP contribution is -2.50. The molecule has 0 saturated carbocycles. The Bertz CT molecular complexity index is 529. The zero-order chi connectivity index (χ0) is 16.5. The maximum atomic E-state index is 12.9. The van der Waals surface area contributed by atoms with E-state index in [9.17, 15) is 23.1 Å². The summed E-state index contributed by atoms with van der Waals surface area (Å²) < 4.78 is 43.7. The number of hydrogen-bond donors (Lipinski definition) is 1. The van der Waals surface area contributed by atoms with Crippen molar-refractivity contribution in [3.63, 3.8) is 0 Å². The van der Waals surface area contributed by atoms with Crippen molar-refractivity contribution in [3.8, 4) is 5.75 Å². The molecular weight excluding hydrogens is 309 g/mol. The van der Waals surface area contributed by atoms with Gasteiger partial charge >= 0.3 is 6.18 Å². The number of benzene rings is 1. The summed E-state index contributed by atoms with van der Waals surface area (Å²) in [6.45, 7) is 2.95. The number of carbonyl (C=O) groups is 1. The van der Waals surface area contributed by atoms with Gasteiger partial charge < -0.3 is 9.84 Å². The first-order valence-corrected chi connectivity index (χ1v) is 6.44. The van der Waals surface area contributed by atoms with E-state index in [1.54, 1.807) is 0 Å². The summed E-state index contributed by atoms with van der Waals surface area (Å²) in [4.78, 5) is 10.8. The molecule has 0 aliphatic rings. The van der Waals surface area contributed by atoms with Gasteiger partial charge in [0.2, 0.25) is 5.60 Å². The van der Waals surface area contributed by atoms with Crippen LogP contribution >= 0.6 is 11.6 Å². The Labute approximate surface area is 125 Å². The molecule has 3 nitrogen and oxygen atoms in total. The summed E-state index contributed by atoms with van der Waals surface area (Å²) in [5.74, 6) is 0.333. The summed E-state index contributed by atoms with van der Waals surface area (Å²) in [5, 5.41) is 9.94. The fourth-order valence-electron chi connectivity index (χ4n) is 2.19. The number of rotatable bonds is 5. The molecule has 0 radical (unpaired) electrons. The zero-order valence-corrected chi connectivity index (χ0v) is 12.5. The minimum absolute atomic E-state index is 0.320. The van der Waals surface area contributed by atoms with Crippen LogP contribution in [-0.4, -0.2) is 30.3 Å². The Balaban J connectivity index is 3.29. The van der Waals surface area contributed by atoms with Crippen molar-refractivity contribution in [2.45, 2.75) is 37.5 Å². The molecule has 1 atom stereocenters. The minimum Gasteiger partial charge on any atom is -0.496 e. The van der Waals surface area contributed by atoms with Gasteiger partial charge in [0.05, 0.1) is 7.11 Å². The van der Waals surface area contributed by atoms with Crippen LogP contribution in [0.1, 0.15) is 25.8 Å². The number of methoxy groups -OCH3 is 1. The predicted molar refractivity (Wildman–Crippen MR) is 72.7 cm³/mol. The molecule has 1 rings (SSSR count). The Kier molecular flexibility index (Phi) is 4.95. The van der Waals surface area contributed by atoms with E-state index in [-0.39, 0.29) is 0 Å². The van der Waals surface area contributed by atoms with Crippen molar-refractivity contribution < 1.29 is 27.8 Å². The number of halogens is 4. The number of alkyl halides is 3. The minimum atomic E-state index is -5.06. The van der Waals surface area contributed by atoms with E-state index >= 15 is 0 Å². The van der Waals surface area contributed by atoms with Crippen LogP contribution in [0.5, 0.6) is 5.75 Å². The number of aldehydes is 1. The average molecular weight is 325 g/mol. The molecule has 118 valence electrons. The molecule has 0 heterocycles. The standard InChI is InChI=1S/C14H16ClF3O3/c1-12(2,7-13(20,8-19)14(16,17)18)10-6-9(15)4-5-11(10)21-3/h4-6,8,20H,7H2,1-3H3. The third-order valence-electron chi connectivity index (χ3n) is 3.29. The first-order chi connectivity index (χ1) is 9.47. The predicted octanol–water partition coefficient (Wildman–Crippen LogP) is 3.51. The van der Waals surface area contributed by atoms with Crippen molar-refractivity contribution in [2.24, 2.45) is 0 Å². The van der Waals surface area contributed by atoms with Crippen LogP contribution in [0.3, 0.4) is 0 Å². The van der Waals surface area contributed by atoms with Crippen LogP contribution in [0, 0.1) is 0 Å². The second kappa shape index (κ2) is 5.85. The van der Waals surface area contributed by atoms with Crippen molar-refractivity contribution in [3.05, 3.63) is 28.8 Å². The highest BCUT2D eigenvalue weighted by atomic mass is 35.5. The molecule has 0 aliphatic carbocycles. The molecule has 1 N–H and O–H groups in total. The number of carbonyl (C=O) groups excluding carboxylic acids is 1. The van der Waals surface area contributed by atoms with Gasteiger partial charge in [0.1, 0.15) is 5.75 Å². The summed E-state index contributed by atoms with van der Waals surface area (Å²) in [5.41, 5.74) is -4.24. The van der Waals surface area contributed by atoms with E-state index in [4.69, 9.17) is 16.3 Å². The first-order valence-electron chi connectivity index (χ1n) is 6.06. The highest BCUT2D eigenvalue weighted by molar-refractivity contribution is 6.30. The molecule has 0 aromatic heterocycles. The van der Waals surface area contributed by atoms with E-state index in [0.29, 0.717) is 16.3 Å². The average Bonchev–Trinajstić information content (AvgIpc) is 2.36. The quantitative estimate of drug-likeness (QED) is 0.843. The van der Waals surface area contributed by atoms with Crippen LogP contribution < -0.4 is 4.74 Å². The van der Waals surface area contributed by atoms with Crippen molar-refractivity contribution in [1.82, 2.24) is 0 Å². The molecule has 7 heteroatoms. The smallest absolute Gasteiger partial charge is 0.424 e. The Morgan fingerprint density at radius 3 is 2.33 bits per heavy atom. The van der Waals surface area contributed by atoms with Gasteiger partial charge in [0.25, 0.3) is 0 Å². The normalized spacial score (nSPS) is 15.4. The monoisotopic (exact) mass is 324 g/mol. The third-order valence-corrected chi connectivity index (χ3v) is 3.52. The van der Waals surface area contributed by atoms with E-state index in [1.807, 2.05) is 0 Å². The maximum absolute atomic E-state index is 12.9. The van der Waals surface area contributed by atoms with Gasteiger partial charge in [-0.2, -0.15) is 13.2 Å². The van der Waals surface area contributed by atoms with Crippen molar-refractivity contribution in [2.75, 3.05) is 7.11 Å². The molecule has 21 heavy (non-hydrogen) atoms. The van der Waals surface area contributed by atoms with Gasteiger partial charge in [-0.15, -0.1) is 0 Å². The van der Waals surface area contributed by atoms with Crippen LogP contribution in [0.4, 0.5) is 13.2 Å². The SMILES string of the molecule is COc1ccc(Cl)cc1C(C)(C)CC(O)(C=O)C(F)(F)F. The largest absolute Gasteiger partial charge is 0.496 e. The van der Waals surface area contributed by atoms with Crippen LogP contribution in [0.15, 0.2) is 18.2 Å². The molecule has 0 bridgehead atoms. The second-order valence-corrected chi connectivity index (χ2v) is 5.88. The second-order valence-electron chi connectivity index (χ2n) is 5.45.